The number of aromatic nitrogens is 1. The molecule has 2 aromatic heterocycles. The zero-order valence-electron chi connectivity index (χ0n) is 10.7. The third kappa shape index (κ3) is 3.22. The maximum absolute atomic E-state index is 11.8. The molecular formula is C12H13N3O4S. The van der Waals surface area contributed by atoms with Crippen molar-refractivity contribution in [2.45, 2.75) is 11.6 Å². The van der Waals surface area contributed by atoms with Gasteiger partial charge in [-0.3, -0.25) is 9.78 Å². The van der Waals surface area contributed by atoms with Crippen LogP contribution in [0.2, 0.25) is 0 Å². The highest BCUT2D eigenvalue weighted by atomic mass is 32.2. The first-order chi connectivity index (χ1) is 9.53. The van der Waals surface area contributed by atoms with Crippen LogP contribution >= 0.6 is 0 Å². The molecule has 0 atom stereocenters. The van der Waals surface area contributed by atoms with E-state index in [1.54, 1.807) is 18.5 Å². The Morgan fingerprint density at radius 3 is 2.90 bits per heavy atom. The summed E-state index contributed by atoms with van der Waals surface area (Å²) in [6.45, 7) is 0.298. The summed E-state index contributed by atoms with van der Waals surface area (Å²) in [5.74, 6) is -0.421. The Kier molecular flexibility index (Phi) is 4.16. The van der Waals surface area contributed by atoms with Crippen LogP contribution in [0.15, 0.2) is 46.4 Å². The van der Waals surface area contributed by atoms with Crippen molar-refractivity contribution in [1.82, 2.24) is 15.0 Å². The van der Waals surface area contributed by atoms with Gasteiger partial charge in [-0.05, 0) is 18.7 Å². The van der Waals surface area contributed by atoms with E-state index in [0.29, 0.717) is 6.54 Å². The van der Waals surface area contributed by atoms with Crippen LogP contribution in [-0.2, 0) is 16.6 Å². The Hall–Kier alpha value is -2.19. The predicted molar refractivity (Wildman–Crippen MR) is 70.4 cm³/mol. The smallest absolute Gasteiger partial charge is 0.273 e. The van der Waals surface area contributed by atoms with E-state index in [1.165, 1.54) is 13.1 Å². The van der Waals surface area contributed by atoms with Gasteiger partial charge in [0.2, 0.25) is 5.09 Å². The first kappa shape index (κ1) is 14.2. The lowest BCUT2D eigenvalue weighted by Crippen LogP contribution is -2.22. The number of nitrogens with one attached hydrogen (secondary N) is 2. The van der Waals surface area contributed by atoms with Gasteiger partial charge in [-0.2, -0.15) is 0 Å². The van der Waals surface area contributed by atoms with Gasteiger partial charge in [-0.15, -0.1) is 0 Å². The molecule has 0 saturated heterocycles. The third-order valence-corrected chi connectivity index (χ3v) is 3.83. The van der Waals surface area contributed by atoms with E-state index in [-0.39, 0.29) is 10.7 Å². The molecule has 0 unspecified atom stereocenters. The minimum Gasteiger partial charge on any atom is -0.451 e. The summed E-state index contributed by atoms with van der Waals surface area (Å²) >= 11 is 0. The van der Waals surface area contributed by atoms with Crippen LogP contribution in [0.1, 0.15) is 15.9 Å². The van der Waals surface area contributed by atoms with Gasteiger partial charge in [0, 0.05) is 25.0 Å². The second-order valence-electron chi connectivity index (χ2n) is 3.91. The van der Waals surface area contributed by atoms with Crippen molar-refractivity contribution in [2.75, 3.05) is 7.05 Å². The molecule has 2 rings (SSSR count). The van der Waals surface area contributed by atoms with Gasteiger partial charge in [0.1, 0.15) is 6.26 Å². The van der Waals surface area contributed by atoms with E-state index in [9.17, 15) is 13.2 Å². The van der Waals surface area contributed by atoms with Crippen molar-refractivity contribution >= 4 is 15.9 Å². The SMILES string of the molecule is CNS(=O)(=O)c1cc(C(=O)NCc2cccnc2)co1. The highest BCUT2D eigenvalue weighted by molar-refractivity contribution is 7.89. The Bertz CT molecular complexity index is 695. The number of rotatable bonds is 5. The summed E-state index contributed by atoms with van der Waals surface area (Å²) < 4.78 is 29.9. The summed E-state index contributed by atoms with van der Waals surface area (Å²) in [5.41, 5.74) is 0.982. The maximum atomic E-state index is 11.8. The van der Waals surface area contributed by atoms with E-state index < -0.39 is 15.9 Å². The molecule has 1 amide bonds. The Morgan fingerprint density at radius 1 is 1.45 bits per heavy atom. The lowest BCUT2D eigenvalue weighted by molar-refractivity contribution is 0.0950. The molecule has 2 heterocycles. The van der Waals surface area contributed by atoms with Crippen molar-refractivity contribution in [3.8, 4) is 0 Å². The van der Waals surface area contributed by atoms with E-state index in [0.717, 1.165) is 11.8 Å². The van der Waals surface area contributed by atoms with E-state index in [2.05, 4.69) is 15.0 Å². The highest BCUT2D eigenvalue weighted by Crippen LogP contribution is 2.13. The summed E-state index contributed by atoms with van der Waals surface area (Å²) in [6.07, 6.45) is 4.37. The normalized spacial score (nSPS) is 11.2. The molecule has 8 heteroatoms. The molecule has 0 bridgehead atoms. The fraction of sp³-hybridized carbons (Fsp3) is 0.167. The molecule has 0 aromatic carbocycles. The van der Waals surface area contributed by atoms with E-state index >= 15 is 0 Å². The van der Waals surface area contributed by atoms with Crippen LogP contribution < -0.4 is 10.0 Å². The van der Waals surface area contributed by atoms with Gasteiger partial charge in [-0.25, -0.2) is 13.1 Å². The zero-order valence-corrected chi connectivity index (χ0v) is 11.5. The monoisotopic (exact) mass is 295 g/mol. The van der Waals surface area contributed by atoms with Crippen LogP contribution in [0.4, 0.5) is 0 Å². The summed E-state index contributed by atoms with van der Waals surface area (Å²) in [7, 11) is -2.42. The summed E-state index contributed by atoms with van der Waals surface area (Å²) in [4.78, 5) is 15.8. The molecule has 0 spiro atoms. The van der Waals surface area contributed by atoms with Gasteiger partial charge >= 0.3 is 0 Å². The molecule has 0 aliphatic rings. The number of hydrogen-bond acceptors (Lipinski definition) is 5. The second-order valence-corrected chi connectivity index (χ2v) is 5.72. The van der Waals surface area contributed by atoms with Crippen molar-refractivity contribution in [3.63, 3.8) is 0 Å². The van der Waals surface area contributed by atoms with Crippen molar-refractivity contribution in [3.05, 3.63) is 48.0 Å². The fourth-order valence-corrected chi connectivity index (χ4v) is 2.12. The van der Waals surface area contributed by atoms with Crippen LogP contribution in [0, 0.1) is 0 Å². The number of carbonyl (C=O) groups excluding carboxylic acids is 1. The molecular weight excluding hydrogens is 282 g/mol. The third-order valence-electron chi connectivity index (χ3n) is 2.55. The van der Waals surface area contributed by atoms with Gasteiger partial charge in [0.05, 0.1) is 5.56 Å². The zero-order chi connectivity index (χ0) is 14.6. The van der Waals surface area contributed by atoms with Gasteiger partial charge in [0.15, 0.2) is 0 Å². The highest BCUT2D eigenvalue weighted by Gasteiger charge is 2.19. The molecule has 106 valence electrons. The lowest BCUT2D eigenvalue weighted by atomic mass is 10.2. The number of furan rings is 1. The van der Waals surface area contributed by atoms with Crippen molar-refractivity contribution < 1.29 is 17.6 Å². The summed E-state index contributed by atoms with van der Waals surface area (Å²) in [6, 6.07) is 4.75. The molecule has 0 radical (unpaired) electrons. The Balaban J connectivity index is 2.04. The molecule has 2 N–H and O–H groups in total. The quantitative estimate of drug-likeness (QED) is 0.837. The van der Waals surface area contributed by atoms with E-state index in [4.69, 9.17) is 4.42 Å². The molecule has 0 aliphatic heterocycles. The Labute approximate surface area is 116 Å². The molecule has 0 aliphatic carbocycles. The second kappa shape index (κ2) is 5.85. The topological polar surface area (TPSA) is 101 Å². The van der Waals surface area contributed by atoms with Crippen LogP contribution in [-0.4, -0.2) is 26.4 Å². The van der Waals surface area contributed by atoms with Crippen molar-refractivity contribution in [2.24, 2.45) is 0 Å². The molecule has 0 fully saturated rings. The number of hydrogen-bond donors (Lipinski definition) is 2. The first-order valence-corrected chi connectivity index (χ1v) is 7.20. The van der Waals surface area contributed by atoms with Gasteiger partial charge in [0.25, 0.3) is 15.9 Å². The average Bonchev–Trinajstić information content (AvgIpc) is 2.96. The van der Waals surface area contributed by atoms with E-state index in [1.807, 2.05) is 6.07 Å². The van der Waals surface area contributed by atoms with Gasteiger partial charge in [-0.1, -0.05) is 6.07 Å². The number of amides is 1. The lowest BCUT2D eigenvalue weighted by Gasteiger charge is -2.02. The first-order valence-electron chi connectivity index (χ1n) is 5.72. The average molecular weight is 295 g/mol. The number of pyridine rings is 1. The Morgan fingerprint density at radius 2 is 2.25 bits per heavy atom. The minimum absolute atomic E-state index is 0.141. The molecule has 0 saturated carbocycles. The molecule has 7 nitrogen and oxygen atoms in total. The summed E-state index contributed by atoms with van der Waals surface area (Å²) in [5, 5.41) is 2.34. The molecule has 2 aromatic rings. The minimum atomic E-state index is -3.68. The molecule has 20 heavy (non-hydrogen) atoms. The predicted octanol–water partition coefficient (Wildman–Crippen LogP) is 0.513. The van der Waals surface area contributed by atoms with Crippen LogP contribution in [0.3, 0.4) is 0 Å². The standard InChI is InChI=1S/C12H13N3O4S/c1-13-20(17,18)11-5-10(8-19-11)12(16)15-7-9-3-2-4-14-6-9/h2-6,8,13H,7H2,1H3,(H,15,16). The fourth-order valence-electron chi connectivity index (χ4n) is 1.46. The number of carbonyl (C=O) groups is 1. The van der Waals surface area contributed by atoms with Crippen LogP contribution in [0.5, 0.6) is 0 Å². The number of sulfonamides is 1. The van der Waals surface area contributed by atoms with Crippen molar-refractivity contribution in [1.29, 1.82) is 0 Å². The maximum Gasteiger partial charge on any atom is 0.273 e. The number of nitrogens with zero attached hydrogens (tertiary/aromatic N) is 1. The largest absolute Gasteiger partial charge is 0.451 e. The van der Waals surface area contributed by atoms with Gasteiger partial charge < -0.3 is 9.73 Å². The van der Waals surface area contributed by atoms with Crippen LogP contribution in [0.25, 0.3) is 0 Å².